The van der Waals surface area contributed by atoms with Gasteiger partial charge in [-0.25, -0.2) is 0 Å². The number of hydrogen-bond acceptors (Lipinski definition) is 2. The fourth-order valence-corrected chi connectivity index (χ4v) is 1.90. The molecule has 0 saturated carbocycles. The summed E-state index contributed by atoms with van der Waals surface area (Å²) >= 11 is 0. The molecule has 0 radical (unpaired) electrons. The Morgan fingerprint density at radius 1 is 1.16 bits per heavy atom. The molecule has 2 unspecified atom stereocenters. The van der Waals surface area contributed by atoms with Crippen molar-refractivity contribution in [3.63, 3.8) is 0 Å². The van der Waals surface area contributed by atoms with Gasteiger partial charge in [0.2, 0.25) is 0 Å². The minimum Gasteiger partial charge on any atom is -0.386 e. The van der Waals surface area contributed by atoms with E-state index in [0.29, 0.717) is 12.2 Å². The molecule has 1 aromatic rings. The number of ether oxygens (including phenoxy) is 1. The van der Waals surface area contributed by atoms with Gasteiger partial charge in [-0.05, 0) is 30.5 Å². The Balaban J connectivity index is 2.90. The molecule has 19 heavy (non-hydrogen) atoms. The predicted octanol–water partition coefficient (Wildman–Crippen LogP) is 3.80. The number of hydrogen-bond donors (Lipinski definition) is 1. The molecule has 1 N–H and O–H groups in total. The Hall–Kier alpha value is -1.07. The van der Waals surface area contributed by atoms with Crippen molar-refractivity contribution in [2.75, 3.05) is 6.61 Å². The topological polar surface area (TPSA) is 29.5 Å². The third kappa shape index (κ3) is 4.21. The largest absolute Gasteiger partial charge is 0.416 e. The molecule has 0 aromatic heterocycles. The summed E-state index contributed by atoms with van der Waals surface area (Å²) < 4.78 is 42.8. The van der Waals surface area contributed by atoms with Gasteiger partial charge in [0, 0.05) is 6.61 Å². The zero-order valence-electron chi connectivity index (χ0n) is 11.2. The number of benzene rings is 1. The fourth-order valence-electron chi connectivity index (χ4n) is 1.90. The van der Waals surface area contributed by atoms with Crippen LogP contribution in [-0.2, 0) is 10.9 Å². The van der Waals surface area contributed by atoms with Gasteiger partial charge >= 0.3 is 6.18 Å². The van der Waals surface area contributed by atoms with Crippen molar-refractivity contribution in [1.29, 1.82) is 0 Å². The second-order valence-electron chi connectivity index (χ2n) is 4.73. The Morgan fingerprint density at radius 3 is 2.05 bits per heavy atom. The molecule has 0 aliphatic heterocycles. The van der Waals surface area contributed by atoms with Crippen molar-refractivity contribution in [2.24, 2.45) is 5.92 Å². The molecule has 0 bridgehead atoms. The summed E-state index contributed by atoms with van der Waals surface area (Å²) in [6.07, 6.45) is -5.72. The van der Waals surface area contributed by atoms with Crippen molar-refractivity contribution < 1.29 is 23.0 Å². The summed E-state index contributed by atoms with van der Waals surface area (Å²) in [6.45, 7) is 6.05. The smallest absolute Gasteiger partial charge is 0.386 e. The molecule has 2 nitrogen and oxygen atoms in total. The lowest BCUT2D eigenvalue weighted by Gasteiger charge is -2.26. The maximum atomic E-state index is 12.4. The number of halogens is 3. The molecule has 0 spiro atoms. The van der Waals surface area contributed by atoms with Crippen LogP contribution in [0.5, 0.6) is 0 Å². The highest BCUT2D eigenvalue weighted by Gasteiger charge is 2.31. The minimum atomic E-state index is -4.36. The summed E-state index contributed by atoms with van der Waals surface area (Å²) in [5.41, 5.74) is -0.291. The summed E-state index contributed by atoms with van der Waals surface area (Å²) in [6, 6.07) is 4.54. The van der Waals surface area contributed by atoms with E-state index in [1.165, 1.54) is 12.1 Å². The lowest BCUT2D eigenvalue weighted by molar-refractivity contribution is -0.137. The first-order valence-electron chi connectivity index (χ1n) is 6.24. The summed E-state index contributed by atoms with van der Waals surface area (Å²) in [5.74, 6) is 0.0669. The van der Waals surface area contributed by atoms with Gasteiger partial charge in [0.15, 0.2) is 0 Å². The molecule has 0 aliphatic carbocycles. The third-order valence-corrected chi connectivity index (χ3v) is 2.91. The van der Waals surface area contributed by atoms with Crippen molar-refractivity contribution in [3.8, 4) is 0 Å². The highest BCUT2D eigenvalue weighted by Crippen LogP contribution is 2.31. The molecule has 0 fully saturated rings. The maximum absolute atomic E-state index is 12.4. The van der Waals surface area contributed by atoms with E-state index in [1.54, 1.807) is 0 Å². The SMILES string of the molecule is CCOC(C(C)C)C(O)c1ccc(C(F)(F)F)cc1. The lowest BCUT2D eigenvalue weighted by atomic mass is 9.95. The zero-order chi connectivity index (χ0) is 14.6. The van der Waals surface area contributed by atoms with E-state index >= 15 is 0 Å². The average Bonchev–Trinajstić information content (AvgIpc) is 2.34. The molecule has 2 atom stereocenters. The van der Waals surface area contributed by atoms with Gasteiger partial charge < -0.3 is 9.84 Å². The van der Waals surface area contributed by atoms with Crippen LogP contribution < -0.4 is 0 Å². The minimum absolute atomic E-state index is 0.0669. The second-order valence-corrected chi connectivity index (χ2v) is 4.73. The van der Waals surface area contributed by atoms with E-state index in [2.05, 4.69) is 0 Å². The van der Waals surface area contributed by atoms with Crippen molar-refractivity contribution in [2.45, 2.75) is 39.2 Å². The van der Waals surface area contributed by atoms with Crippen LogP contribution in [0.1, 0.15) is 38.0 Å². The molecule has 0 amide bonds. The molecular weight excluding hydrogens is 257 g/mol. The molecule has 1 aromatic carbocycles. The maximum Gasteiger partial charge on any atom is 0.416 e. The lowest BCUT2D eigenvalue weighted by Crippen LogP contribution is -2.27. The van der Waals surface area contributed by atoms with Gasteiger partial charge in [0.05, 0.1) is 11.7 Å². The predicted molar refractivity (Wildman–Crippen MR) is 66.7 cm³/mol. The highest BCUT2D eigenvalue weighted by atomic mass is 19.4. The third-order valence-electron chi connectivity index (χ3n) is 2.91. The molecule has 108 valence electrons. The first-order valence-corrected chi connectivity index (χ1v) is 6.24. The van der Waals surface area contributed by atoms with Crippen LogP contribution in [0.4, 0.5) is 13.2 Å². The normalized spacial score (nSPS) is 15.6. The molecule has 0 heterocycles. The van der Waals surface area contributed by atoms with Gasteiger partial charge in [0.1, 0.15) is 6.10 Å². The first kappa shape index (κ1) is 16.0. The van der Waals surface area contributed by atoms with Crippen molar-refractivity contribution >= 4 is 0 Å². The summed E-state index contributed by atoms with van der Waals surface area (Å²) in [4.78, 5) is 0. The van der Waals surface area contributed by atoms with E-state index in [-0.39, 0.29) is 5.92 Å². The average molecular weight is 276 g/mol. The number of alkyl halides is 3. The highest BCUT2D eigenvalue weighted by molar-refractivity contribution is 5.26. The van der Waals surface area contributed by atoms with Crippen LogP contribution >= 0.6 is 0 Å². The molecule has 1 rings (SSSR count). The van der Waals surface area contributed by atoms with Crippen LogP contribution in [0, 0.1) is 5.92 Å². The number of aliphatic hydroxyl groups is 1. The number of rotatable bonds is 5. The molecule has 5 heteroatoms. The van der Waals surface area contributed by atoms with Gasteiger partial charge in [-0.15, -0.1) is 0 Å². The summed E-state index contributed by atoms with van der Waals surface area (Å²) in [7, 11) is 0. The van der Waals surface area contributed by atoms with Gasteiger partial charge in [-0.3, -0.25) is 0 Å². The molecular formula is C14H19F3O2. The van der Waals surface area contributed by atoms with E-state index in [0.717, 1.165) is 12.1 Å². The van der Waals surface area contributed by atoms with E-state index in [4.69, 9.17) is 4.74 Å². The molecule has 0 aliphatic rings. The van der Waals surface area contributed by atoms with Crippen LogP contribution in [0.25, 0.3) is 0 Å². The van der Waals surface area contributed by atoms with Crippen LogP contribution in [0.2, 0.25) is 0 Å². The second kappa shape index (κ2) is 6.39. The number of aliphatic hydroxyl groups excluding tert-OH is 1. The Kier molecular flexibility index (Phi) is 5.38. The van der Waals surface area contributed by atoms with E-state index in [1.807, 2.05) is 20.8 Å². The fraction of sp³-hybridized carbons (Fsp3) is 0.571. The van der Waals surface area contributed by atoms with Crippen LogP contribution in [0.15, 0.2) is 24.3 Å². The Bertz CT molecular complexity index is 385. The van der Waals surface area contributed by atoms with Crippen molar-refractivity contribution in [3.05, 3.63) is 35.4 Å². The molecule has 0 saturated heterocycles. The van der Waals surface area contributed by atoms with E-state index in [9.17, 15) is 18.3 Å². The standard InChI is InChI=1S/C14H19F3O2/c1-4-19-13(9(2)3)12(18)10-5-7-11(8-6-10)14(15,16)17/h5-9,12-13,18H,4H2,1-3H3. The van der Waals surface area contributed by atoms with Gasteiger partial charge in [0.25, 0.3) is 0 Å². The Labute approximate surface area is 111 Å². The van der Waals surface area contributed by atoms with E-state index < -0.39 is 23.9 Å². The van der Waals surface area contributed by atoms with Crippen LogP contribution in [-0.4, -0.2) is 17.8 Å². The van der Waals surface area contributed by atoms with Crippen molar-refractivity contribution in [1.82, 2.24) is 0 Å². The summed E-state index contributed by atoms with van der Waals surface area (Å²) in [5, 5.41) is 10.2. The van der Waals surface area contributed by atoms with Crippen LogP contribution in [0.3, 0.4) is 0 Å². The van der Waals surface area contributed by atoms with Gasteiger partial charge in [-0.2, -0.15) is 13.2 Å². The first-order chi connectivity index (χ1) is 8.77. The Morgan fingerprint density at radius 2 is 1.68 bits per heavy atom. The zero-order valence-corrected chi connectivity index (χ0v) is 11.2. The monoisotopic (exact) mass is 276 g/mol. The quantitative estimate of drug-likeness (QED) is 0.886. The van der Waals surface area contributed by atoms with Gasteiger partial charge in [-0.1, -0.05) is 26.0 Å².